The van der Waals surface area contributed by atoms with Gasteiger partial charge in [0.15, 0.2) is 0 Å². The largest absolute Gasteiger partial charge is 0.251 e. The molecule has 4 heteroatoms. The van der Waals surface area contributed by atoms with Crippen LogP contribution in [0.2, 0.25) is 5.15 Å². The molecule has 0 spiro atoms. The van der Waals surface area contributed by atoms with E-state index >= 15 is 0 Å². The number of alkyl halides is 1. The zero-order chi connectivity index (χ0) is 10.7. The molecule has 1 aromatic rings. The van der Waals surface area contributed by atoms with Gasteiger partial charge in [-0.25, -0.2) is 0 Å². The maximum Gasteiger partial charge on any atom is 0.132 e. The van der Waals surface area contributed by atoms with Gasteiger partial charge in [-0.2, -0.15) is 5.10 Å². The lowest BCUT2D eigenvalue weighted by Crippen LogP contribution is -2.06. The molecule has 1 atom stereocenters. The molecule has 1 heterocycles. The average molecular weight is 235 g/mol. The number of aryl methyl sites for hydroxylation is 1. The molecule has 14 heavy (non-hydrogen) atoms. The molecule has 0 bridgehead atoms. The molecule has 0 amide bonds. The van der Waals surface area contributed by atoms with Crippen LogP contribution < -0.4 is 0 Å². The molecule has 0 fully saturated rings. The van der Waals surface area contributed by atoms with Gasteiger partial charge >= 0.3 is 0 Å². The number of aromatic nitrogens is 2. The maximum absolute atomic E-state index is 6.20. The van der Waals surface area contributed by atoms with Gasteiger partial charge in [0.05, 0.1) is 17.6 Å². The summed E-state index contributed by atoms with van der Waals surface area (Å²) in [6.45, 7) is 6.29. The molecule has 0 saturated heterocycles. The van der Waals surface area contributed by atoms with E-state index in [0.29, 0.717) is 17.1 Å². The summed E-state index contributed by atoms with van der Waals surface area (Å²) in [6.07, 6.45) is 1.90. The molecule has 2 nitrogen and oxygen atoms in total. The average Bonchev–Trinajstić information content (AvgIpc) is 2.53. The summed E-state index contributed by atoms with van der Waals surface area (Å²) in [6, 6.07) is 0.338. The summed E-state index contributed by atoms with van der Waals surface area (Å²) in [4.78, 5) is 0. The highest BCUT2D eigenvalue weighted by Crippen LogP contribution is 2.26. The van der Waals surface area contributed by atoms with Crippen molar-refractivity contribution in [2.75, 3.05) is 0 Å². The molecular weight excluding hydrogens is 219 g/mol. The van der Waals surface area contributed by atoms with Crippen molar-refractivity contribution in [2.24, 2.45) is 0 Å². The monoisotopic (exact) mass is 234 g/mol. The summed E-state index contributed by atoms with van der Waals surface area (Å²) < 4.78 is 1.87. The normalized spacial score (nSPS) is 13.2. The fraction of sp³-hybridized carbons (Fsp3) is 0.700. The lowest BCUT2D eigenvalue weighted by molar-refractivity contribution is 0.475. The number of rotatable bonds is 4. The van der Waals surface area contributed by atoms with Crippen molar-refractivity contribution in [1.82, 2.24) is 9.78 Å². The van der Waals surface area contributed by atoms with Gasteiger partial charge in [-0.15, -0.1) is 11.6 Å². The molecule has 1 aromatic heterocycles. The minimum Gasteiger partial charge on any atom is -0.251 e. The van der Waals surface area contributed by atoms with Gasteiger partial charge in [0.2, 0.25) is 0 Å². The van der Waals surface area contributed by atoms with Crippen LogP contribution in [-0.2, 0) is 12.3 Å². The maximum atomic E-state index is 6.20. The lowest BCUT2D eigenvalue weighted by Gasteiger charge is -2.10. The third-order valence-electron chi connectivity index (χ3n) is 2.50. The van der Waals surface area contributed by atoms with Crippen LogP contribution in [0.25, 0.3) is 0 Å². The van der Waals surface area contributed by atoms with Gasteiger partial charge in [0, 0.05) is 5.56 Å². The third-order valence-corrected chi connectivity index (χ3v) is 3.17. The molecule has 0 aliphatic carbocycles. The molecule has 0 aliphatic heterocycles. The van der Waals surface area contributed by atoms with Crippen LogP contribution in [0.1, 0.15) is 44.5 Å². The molecule has 1 unspecified atom stereocenters. The van der Waals surface area contributed by atoms with Crippen molar-refractivity contribution in [3.8, 4) is 0 Å². The quantitative estimate of drug-likeness (QED) is 0.725. The highest BCUT2D eigenvalue weighted by atomic mass is 35.5. The standard InChI is InChI=1S/C10H16Cl2N2/c1-4-7(3)14-10(12)8(6-11)9(5-2)13-14/h7H,4-6H2,1-3H3. The van der Waals surface area contributed by atoms with Crippen LogP contribution in [0.5, 0.6) is 0 Å². The first-order valence-corrected chi connectivity index (χ1v) is 5.88. The molecule has 80 valence electrons. The van der Waals surface area contributed by atoms with E-state index in [1.807, 2.05) is 4.68 Å². The predicted molar refractivity (Wildman–Crippen MR) is 61.2 cm³/mol. The first-order valence-electron chi connectivity index (χ1n) is 4.97. The van der Waals surface area contributed by atoms with Gasteiger partial charge in [0.25, 0.3) is 0 Å². The summed E-state index contributed by atoms with van der Waals surface area (Å²) in [7, 11) is 0. The van der Waals surface area contributed by atoms with E-state index in [1.54, 1.807) is 0 Å². The Kier molecular flexibility index (Phi) is 4.27. The number of halogens is 2. The first-order chi connectivity index (χ1) is 6.65. The fourth-order valence-corrected chi connectivity index (χ4v) is 2.10. The molecule has 0 N–H and O–H groups in total. The summed E-state index contributed by atoms with van der Waals surface area (Å²) in [5.74, 6) is 0.443. The van der Waals surface area contributed by atoms with E-state index in [1.165, 1.54) is 0 Å². The Bertz CT molecular complexity index is 307. The van der Waals surface area contributed by atoms with Gasteiger partial charge in [-0.1, -0.05) is 25.4 Å². The molecular formula is C10H16Cl2N2. The Labute approximate surface area is 95.2 Å². The minimum absolute atomic E-state index is 0.338. The molecule has 0 saturated carbocycles. The van der Waals surface area contributed by atoms with E-state index in [4.69, 9.17) is 23.2 Å². The smallest absolute Gasteiger partial charge is 0.132 e. The zero-order valence-electron chi connectivity index (χ0n) is 8.85. The highest BCUT2D eigenvalue weighted by molar-refractivity contribution is 6.31. The van der Waals surface area contributed by atoms with Gasteiger partial charge in [-0.05, 0) is 19.8 Å². The molecule has 0 aromatic carbocycles. The number of hydrogen-bond acceptors (Lipinski definition) is 1. The SMILES string of the molecule is CCc1nn(C(C)CC)c(Cl)c1CCl. The third kappa shape index (κ3) is 2.06. The van der Waals surface area contributed by atoms with Crippen LogP contribution >= 0.6 is 23.2 Å². The second-order valence-corrected chi connectivity index (χ2v) is 4.03. The first kappa shape index (κ1) is 11.9. The van der Waals surface area contributed by atoms with Crippen LogP contribution in [0.3, 0.4) is 0 Å². The Morgan fingerprint density at radius 2 is 2.07 bits per heavy atom. The summed E-state index contributed by atoms with van der Waals surface area (Å²) in [5.41, 5.74) is 2.00. The van der Waals surface area contributed by atoms with Crippen LogP contribution in [-0.4, -0.2) is 9.78 Å². The molecule has 0 radical (unpaired) electrons. The summed E-state index contributed by atoms with van der Waals surface area (Å²) >= 11 is 12.0. The molecule has 1 rings (SSSR count). The highest BCUT2D eigenvalue weighted by Gasteiger charge is 2.16. The Balaban J connectivity index is 3.13. The van der Waals surface area contributed by atoms with E-state index < -0.39 is 0 Å². The molecule has 0 aliphatic rings. The second kappa shape index (κ2) is 5.04. The van der Waals surface area contributed by atoms with Crippen LogP contribution in [0.4, 0.5) is 0 Å². The van der Waals surface area contributed by atoms with Crippen molar-refractivity contribution in [2.45, 2.75) is 45.5 Å². The van der Waals surface area contributed by atoms with Gasteiger partial charge in [-0.3, -0.25) is 4.68 Å². The fourth-order valence-electron chi connectivity index (χ4n) is 1.37. The van der Waals surface area contributed by atoms with E-state index in [-0.39, 0.29) is 0 Å². The zero-order valence-corrected chi connectivity index (χ0v) is 10.4. The minimum atomic E-state index is 0.338. The van der Waals surface area contributed by atoms with Crippen molar-refractivity contribution in [3.05, 3.63) is 16.4 Å². The van der Waals surface area contributed by atoms with E-state index in [0.717, 1.165) is 24.1 Å². The topological polar surface area (TPSA) is 17.8 Å². The van der Waals surface area contributed by atoms with Crippen molar-refractivity contribution < 1.29 is 0 Å². The number of hydrogen-bond donors (Lipinski definition) is 0. The Morgan fingerprint density at radius 1 is 1.43 bits per heavy atom. The second-order valence-electron chi connectivity index (χ2n) is 3.41. The Hall–Kier alpha value is -0.210. The van der Waals surface area contributed by atoms with E-state index in [9.17, 15) is 0 Å². The van der Waals surface area contributed by atoms with Gasteiger partial charge in [0.1, 0.15) is 5.15 Å². The predicted octanol–water partition coefficient (Wildman–Crippen LogP) is 3.81. The van der Waals surface area contributed by atoms with Crippen LogP contribution in [0.15, 0.2) is 0 Å². The van der Waals surface area contributed by atoms with Crippen molar-refractivity contribution in [3.63, 3.8) is 0 Å². The van der Waals surface area contributed by atoms with E-state index in [2.05, 4.69) is 25.9 Å². The lowest BCUT2D eigenvalue weighted by atomic mass is 10.2. The van der Waals surface area contributed by atoms with Gasteiger partial charge < -0.3 is 0 Å². The van der Waals surface area contributed by atoms with Crippen molar-refractivity contribution in [1.29, 1.82) is 0 Å². The van der Waals surface area contributed by atoms with Crippen molar-refractivity contribution >= 4 is 23.2 Å². The summed E-state index contributed by atoms with van der Waals surface area (Å²) in [5, 5.41) is 5.17. The Morgan fingerprint density at radius 3 is 2.43 bits per heavy atom. The number of nitrogens with zero attached hydrogens (tertiary/aromatic N) is 2. The van der Waals surface area contributed by atoms with Crippen LogP contribution in [0, 0.1) is 0 Å².